The molecule has 0 saturated heterocycles. The van der Waals surface area contributed by atoms with Crippen LogP contribution in [0.25, 0.3) is 56.6 Å². The summed E-state index contributed by atoms with van der Waals surface area (Å²) in [5.74, 6) is 0. The molecule has 0 aliphatic heterocycles. The molecule has 0 N–H and O–H groups in total. The summed E-state index contributed by atoms with van der Waals surface area (Å²) in [5, 5.41) is 10.7. The van der Waals surface area contributed by atoms with Crippen molar-refractivity contribution < 1.29 is 0 Å². The van der Waals surface area contributed by atoms with Gasteiger partial charge in [0.1, 0.15) is 0 Å². The lowest BCUT2D eigenvalue weighted by Gasteiger charge is -2.10. The molecule has 0 bridgehead atoms. The minimum atomic E-state index is 1.31. The van der Waals surface area contributed by atoms with Gasteiger partial charge in [-0.3, -0.25) is 0 Å². The molecule has 24 heavy (non-hydrogen) atoms. The van der Waals surface area contributed by atoms with Crippen LogP contribution in [0.4, 0.5) is 0 Å². The van der Waals surface area contributed by atoms with Gasteiger partial charge in [-0.2, -0.15) is 0 Å². The van der Waals surface area contributed by atoms with E-state index in [4.69, 9.17) is 0 Å². The first kappa shape index (κ1) is 12.3. The van der Waals surface area contributed by atoms with E-state index in [0.29, 0.717) is 0 Å². The second kappa shape index (κ2) is 4.24. The number of rotatable bonds is 0. The van der Waals surface area contributed by atoms with Crippen molar-refractivity contribution in [3.05, 3.63) is 82.2 Å². The highest BCUT2D eigenvalue weighted by molar-refractivity contribution is 6.20. The highest BCUT2D eigenvalue weighted by Gasteiger charge is 2.09. The van der Waals surface area contributed by atoms with Gasteiger partial charge in [-0.15, -0.1) is 0 Å². The molecule has 0 amide bonds. The third-order valence-electron chi connectivity index (χ3n) is 5.33. The summed E-state index contributed by atoms with van der Waals surface area (Å²) in [6.07, 6.45) is 13.1. The van der Waals surface area contributed by atoms with Crippen molar-refractivity contribution in [3.63, 3.8) is 0 Å². The Balaban J connectivity index is 1.89. The van der Waals surface area contributed by atoms with Crippen LogP contribution < -0.4 is 10.4 Å². The van der Waals surface area contributed by atoms with Crippen LogP contribution in [0.5, 0.6) is 0 Å². The van der Waals surface area contributed by atoms with Crippen LogP contribution in [0.3, 0.4) is 0 Å². The smallest absolute Gasteiger partial charge is 0.00264 e. The Morgan fingerprint density at radius 3 is 1.88 bits per heavy atom. The Labute approximate surface area is 139 Å². The van der Waals surface area contributed by atoms with Gasteiger partial charge < -0.3 is 0 Å². The van der Waals surface area contributed by atoms with E-state index in [1.165, 1.54) is 53.9 Å². The molecule has 110 valence electrons. The lowest BCUT2D eigenvalue weighted by Crippen LogP contribution is -2.03. The van der Waals surface area contributed by atoms with Crippen LogP contribution in [-0.2, 0) is 0 Å². The van der Waals surface area contributed by atoms with Crippen molar-refractivity contribution in [1.82, 2.24) is 0 Å². The van der Waals surface area contributed by atoms with E-state index in [2.05, 4.69) is 85.0 Å². The van der Waals surface area contributed by atoms with Crippen LogP contribution in [0.2, 0.25) is 0 Å². The average Bonchev–Trinajstić information content (AvgIpc) is 3.25. The first-order valence-electron chi connectivity index (χ1n) is 8.37. The van der Waals surface area contributed by atoms with Gasteiger partial charge in [-0.25, -0.2) is 0 Å². The molecule has 0 atom stereocenters. The number of allylic oxidation sites excluding steroid dienone is 2. The predicted molar refractivity (Wildman–Crippen MR) is 105 cm³/mol. The Kier molecular flexibility index (Phi) is 2.18. The molecule has 6 rings (SSSR count). The lowest BCUT2D eigenvalue weighted by atomic mass is 9.94. The Bertz CT molecular complexity index is 1380. The van der Waals surface area contributed by atoms with Crippen LogP contribution in [0.15, 0.2) is 60.7 Å². The number of hydrogen-bond donors (Lipinski definition) is 0. The molecule has 2 aliphatic rings. The van der Waals surface area contributed by atoms with Crippen molar-refractivity contribution >= 4 is 56.6 Å². The SMILES string of the molecule is C1=Cc2cc3c(ccc4ccc5cc6c(cc5c43)=CC=C6)cc2=C1. The Hall–Kier alpha value is -3.12. The summed E-state index contributed by atoms with van der Waals surface area (Å²) in [7, 11) is 0. The number of benzene rings is 4. The van der Waals surface area contributed by atoms with Crippen LogP contribution in [0.1, 0.15) is 11.1 Å². The topological polar surface area (TPSA) is 0 Å². The molecule has 0 heteroatoms. The molecular weight excluding hydrogens is 288 g/mol. The van der Waals surface area contributed by atoms with Gasteiger partial charge >= 0.3 is 0 Å². The molecule has 0 unspecified atom stereocenters. The summed E-state index contributed by atoms with van der Waals surface area (Å²) >= 11 is 0. The molecule has 0 radical (unpaired) electrons. The molecule has 4 aromatic carbocycles. The highest BCUT2D eigenvalue weighted by atomic mass is 14.1. The maximum absolute atomic E-state index is 2.35. The van der Waals surface area contributed by atoms with Crippen molar-refractivity contribution in [2.75, 3.05) is 0 Å². The van der Waals surface area contributed by atoms with Gasteiger partial charge in [0.2, 0.25) is 0 Å². The summed E-state index contributed by atoms with van der Waals surface area (Å²) in [6, 6.07) is 18.3. The number of fused-ring (bicyclic) bond motifs is 7. The van der Waals surface area contributed by atoms with E-state index in [9.17, 15) is 0 Å². The van der Waals surface area contributed by atoms with E-state index >= 15 is 0 Å². The van der Waals surface area contributed by atoms with Crippen molar-refractivity contribution in [1.29, 1.82) is 0 Å². The fourth-order valence-corrected chi connectivity index (χ4v) is 4.14. The van der Waals surface area contributed by atoms with Gasteiger partial charge in [0.25, 0.3) is 0 Å². The Morgan fingerprint density at radius 1 is 0.500 bits per heavy atom. The largest absolute Gasteiger partial charge is 0.0610 e. The summed E-state index contributed by atoms with van der Waals surface area (Å²) in [6.45, 7) is 0. The Morgan fingerprint density at radius 2 is 1.08 bits per heavy atom. The quantitative estimate of drug-likeness (QED) is 0.411. The number of hydrogen-bond acceptors (Lipinski definition) is 0. The zero-order chi connectivity index (χ0) is 15.7. The first-order valence-corrected chi connectivity index (χ1v) is 8.37. The van der Waals surface area contributed by atoms with Crippen molar-refractivity contribution in [3.8, 4) is 0 Å². The van der Waals surface area contributed by atoms with E-state index in [1.807, 2.05) is 0 Å². The zero-order valence-corrected chi connectivity index (χ0v) is 13.1. The molecule has 4 aromatic rings. The van der Waals surface area contributed by atoms with Crippen LogP contribution in [0, 0.1) is 0 Å². The van der Waals surface area contributed by atoms with Crippen molar-refractivity contribution in [2.24, 2.45) is 0 Å². The highest BCUT2D eigenvalue weighted by Crippen LogP contribution is 2.32. The predicted octanol–water partition coefficient (Wildman–Crippen LogP) is 4.76. The second-order valence-electron chi connectivity index (χ2n) is 6.69. The third kappa shape index (κ3) is 1.53. The van der Waals surface area contributed by atoms with E-state index < -0.39 is 0 Å². The first-order chi connectivity index (χ1) is 11.9. The average molecular weight is 302 g/mol. The zero-order valence-electron chi connectivity index (χ0n) is 13.1. The van der Waals surface area contributed by atoms with Gasteiger partial charge in [0.15, 0.2) is 0 Å². The van der Waals surface area contributed by atoms with Crippen molar-refractivity contribution in [2.45, 2.75) is 0 Å². The van der Waals surface area contributed by atoms with Gasteiger partial charge in [0.05, 0.1) is 0 Å². The van der Waals surface area contributed by atoms with E-state index in [0.717, 1.165) is 0 Å². The third-order valence-corrected chi connectivity index (χ3v) is 5.33. The normalized spacial score (nSPS) is 14.2. The minimum Gasteiger partial charge on any atom is -0.0610 e. The summed E-state index contributed by atoms with van der Waals surface area (Å²) in [4.78, 5) is 0. The van der Waals surface area contributed by atoms with Gasteiger partial charge in [-0.05, 0) is 78.1 Å². The fourth-order valence-electron chi connectivity index (χ4n) is 4.14. The minimum absolute atomic E-state index is 1.31. The molecule has 0 aromatic heterocycles. The molecular formula is C24H14. The maximum atomic E-state index is 2.35. The summed E-state index contributed by atoms with van der Waals surface area (Å²) in [5.41, 5.74) is 2.64. The monoisotopic (exact) mass is 302 g/mol. The summed E-state index contributed by atoms with van der Waals surface area (Å²) < 4.78 is 0. The van der Waals surface area contributed by atoms with Gasteiger partial charge in [0, 0.05) is 0 Å². The van der Waals surface area contributed by atoms with Crippen LogP contribution in [-0.4, -0.2) is 0 Å². The standard InChI is InChI=1S/C24H14/c1-3-16-11-20-9-7-15-8-10-21-12-17-4-2-6-19(17)14-23(21)24(15)22(20)13-18(16)5-1/h1-14H. The second-order valence-corrected chi connectivity index (χ2v) is 6.69. The fraction of sp³-hybridized carbons (Fsp3) is 0. The molecule has 0 heterocycles. The molecule has 0 saturated carbocycles. The van der Waals surface area contributed by atoms with E-state index in [-0.39, 0.29) is 0 Å². The lowest BCUT2D eigenvalue weighted by molar-refractivity contribution is 1.64. The van der Waals surface area contributed by atoms with E-state index in [1.54, 1.807) is 0 Å². The molecule has 0 spiro atoms. The van der Waals surface area contributed by atoms with Gasteiger partial charge in [-0.1, -0.05) is 60.7 Å². The maximum Gasteiger partial charge on any atom is -0.00264 e. The molecule has 0 fully saturated rings. The molecule has 2 aliphatic carbocycles. The molecule has 0 nitrogen and oxygen atoms in total. The van der Waals surface area contributed by atoms with Crippen LogP contribution >= 0.6 is 0 Å².